The third-order valence-corrected chi connectivity index (χ3v) is 5.85. The molecule has 4 rings (SSSR count). The van der Waals surface area contributed by atoms with E-state index in [4.69, 9.17) is 15.2 Å². The van der Waals surface area contributed by atoms with Crippen LogP contribution in [-0.2, 0) is 13.0 Å². The average Bonchev–Trinajstić information content (AvgIpc) is 3.10. The fraction of sp³-hybridized carbons (Fsp3) is 0.250. The number of thiophene rings is 1. The number of nitrogen functional groups attached to an aromatic ring is 1. The van der Waals surface area contributed by atoms with E-state index in [0.29, 0.717) is 42.6 Å². The van der Waals surface area contributed by atoms with E-state index in [1.807, 2.05) is 4.90 Å². The summed E-state index contributed by atoms with van der Waals surface area (Å²) in [5.74, 6) is 1.56. The van der Waals surface area contributed by atoms with Crippen LogP contribution >= 0.6 is 11.3 Å². The number of nitrogens with two attached hydrogens (primary N) is 1. The Morgan fingerprint density at radius 3 is 3.04 bits per heavy atom. The Balaban J connectivity index is 1.59. The second-order valence-electron chi connectivity index (χ2n) is 6.38. The van der Waals surface area contributed by atoms with Crippen molar-refractivity contribution in [2.75, 3.05) is 26.0 Å². The standard InChI is InChI=1S/C20H20N4O3S/c1-3-8-27-14-5-4-12(9-15(14)26-2)20(25)24-7-6-13-16(10-24)28-19-17(13)18(21)22-11-23-19/h3-5,9,11H,1,6-8,10H2,2H3,(H2,21,22,23). The summed E-state index contributed by atoms with van der Waals surface area (Å²) in [5, 5.41) is 0.931. The summed E-state index contributed by atoms with van der Waals surface area (Å²) in [6, 6.07) is 5.22. The zero-order chi connectivity index (χ0) is 19.7. The summed E-state index contributed by atoms with van der Waals surface area (Å²) >= 11 is 1.57. The Hall–Kier alpha value is -3.13. The van der Waals surface area contributed by atoms with E-state index in [1.54, 1.807) is 42.7 Å². The number of hydrogen-bond acceptors (Lipinski definition) is 7. The van der Waals surface area contributed by atoms with Gasteiger partial charge < -0.3 is 20.1 Å². The molecule has 1 amide bonds. The third-order valence-electron chi connectivity index (χ3n) is 4.72. The zero-order valence-electron chi connectivity index (χ0n) is 15.5. The quantitative estimate of drug-likeness (QED) is 0.667. The van der Waals surface area contributed by atoms with Crippen molar-refractivity contribution in [2.24, 2.45) is 0 Å². The van der Waals surface area contributed by atoms with Gasteiger partial charge in [0.25, 0.3) is 5.91 Å². The van der Waals surface area contributed by atoms with Crippen LogP contribution in [-0.4, -0.2) is 41.0 Å². The minimum Gasteiger partial charge on any atom is -0.493 e. The van der Waals surface area contributed by atoms with Gasteiger partial charge in [-0.2, -0.15) is 0 Å². The van der Waals surface area contributed by atoms with Crippen molar-refractivity contribution in [1.29, 1.82) is 0 Å². The van der Waals surface area contributed by atoms with Gasteiger partial charge in [0.1, 0.15) is 23.6 Å². The lowest BCUT2D eigenvalue weighted by atomic mass is 10.0. The second kappa shape index (κ2) is 7.47. The number of rotatable bonds is 5. The number of aromatic nitrogens is 2. The molecule has 0 saturated heterocycles. The number of methoxy groups -OCH3 is 1. The van der Waals surface area contributed by atoms with E-state index < -0.39 is 0 Å². The van der Waals surface area contributed by atoms with Crippen LogP contribution in [0.5, 0.6) is 11.5 Å². The van der Waals surface area contributed by atoms with E-state index in [9.17, 15) is 4.79 Å². The highest BCUT2D eigenvalue weighted by Gasteiger charge is 2.27. The molecule has 1 aliphatic rings. The lowest BCUT2D eigenvalue weighted by Gasteiger charge is -2.27. The van der Waals surface area contributed by atoms with E-state index in [-0.39, 0.29) is 5.91 Å². The highest BCUT2D eigenvalue weighted by Crippen LogP contribution is 2.37. The molecule has 2 N–H and O–H groups in total. The van der Waals surface area contributed by atoms with Gasteiger partial charge in [-0.15, -0.1) is 11.3 Å². The fourth-order valence-corrected chi connectivity index (χ4v) is 4.59. The smallest absolute Gasteiger partial charge is 0.254 e. The normalized spacial score (nSPS) is 13.2. The van der Waals surface area contributed by atoms with Crippen LogP contribution in [0.3, 0.4) is 0 Å². The summed E-state index contributed by atoms with van der Waals surface area (Å²) in [6.45, 7) is 5.15. The molecule has 8 heteroatoms. The van der Waals surface area contributed by atoms with E-state index in [1.165, 1.54) is 6.33 Å². The number of carbonyl (C=O) groups is 1. The maximum absolute atomic E-state index is 13.1. The Kier molecular flexibility index (Phi) is 4.87. The lowest BCUT2D eigenvalue weighted by molar-refractivity contribution is 0.0737. The topological polar surface area (TPSA) is 90.6 Å². The highest BCUT2D eigenvalue weighted by atomic mass is 32.1. The summed E-state index contributed by atoms with van der Waals surface area (Å²) in [7, 11) is 1.56. The van der Waals surface area contributed by atoms with Gasteiger partial charge in [0.15, 0.2) is 11.5 Å². The Bertz CT molecular complexity index is 1060. The van der Waals surface area contributed by atoms with Gasteiger partial charge in [0.05, 0.1) is 19.0 Å². The molecule has 3 heterocycles. The maximum atomic E-state index is 13.1. The van der Waals surface area contributed by atoms with Gasteiger partial charge >= 0.3 is 0 Å². The van der Waals surface area contributed by atoms with Gasteiger partial charge in [-0.25, -0.2) is 9.97 Å². The van der Waals surface area contributed by atoms with Gasteiger partial charge in [-0.05, 0) is 30.2 Å². The zero-order valence-corrected chi connectivity index (χ0v) is 16.3. The van der Waals surface area contributed by atoms with Crippen molar-refractivity contribution in [3.8, 4) is 11.5 Å². The van der Waals surface area contributed by atoms with Crippen LogP contribution in [0.25, 0.3) is 10.2 Å². The van der Waals surface area contributed by atoms with Crippen molar-refractivity contribution in [3.05, 3.63) is 53.2 Å². The molecule has 1 aromatic carbocycles. The van der Waals surface area contributed by atoms with Gasteiger partial charge in [-0.1, -0.05) is 12.7 Å². The molecular weight excluding hydrogens is 376 g/mol. The Morgan fingerprint density at radius 2 is 2.25 bits per heavy atom. The van der Waals surface area contributed by atoms with E-state index >= 15 is 0 Å². The molecule has 0 bridgehead atoms. The molecule has 144 valence electrons. The number of benzene rings is 1. The molecule has 0 aliphatic carbocycles. The lowest BCUT2D eigenvalue weighted by Crippen LogP contribution is -2.35. The predicted octanol–water partition coefficient (Wildman–Crippen LogP) is 3.05. The van der Waals surface area contributed by atoms with Crippen LogP contribution < -0.4 is 15.2 Å². The summed E-state index contributed by atoms with van der Waals surface area (Å²) in [4.78, 5) is 25.3. The van der Waals surface area contributed by atoms with E-state index in [0.717, 1.165) is 27.1 Å². The number of hydrogen-bond donors (Lipinski definition) is 1. The first-order valence-corrected chi connectivity index (χ1v) is 9.65. The minimum absolute atomic E-state index is 0.0456. The second-order valence-corrected chi connectivity index (χ2v) is 7.47. The molecule has 3 aromatic rings. The summed E-state index contributed by atoms with van der Waals surface area (Å²) < 4.78 is 10.9. The highest BCUT2D eigenvalue weighted by molar-refractivity contribution is 7.19. The molecule has 1 aliphatic heterocycles. The van der Waals surface area contributed by atoms with Gasteiger partial charge in [0.2, 0.25) is 0 Å². The van der Waals surface area contributed by atoms with Crippen LogP contribution in [0.2, 0.25) is 0 Å². The molecule has 7 nitrogen and oxygen atoms in total. The molecular formula is C20H20N4O3S. The van der Waals surface area contributed by atoms with Crippen molar-refractivity contribution in [2.45, 2.75) is 13.0 Å². The molecule has 28 heavy (non-hydrogen) atoms. The molecule has 0 atom stereocenters. The molecule has 2 aromatic heterocycles. The summed E-state index contributed by atoms with van der Waals surface area (Å²) in [5.41, 5.74) is 7.76. The Morgan fingerprint density at radius 1 is 1.39 bits per heavy atom. The first-order chi connectivity index (χ1) is 13.6. The first kappa shape index (κ1) is 18.2. The van der Waals surface area contributed by atoms with Crippen molar-refractivity contribution >= 4 is 33.3 Å². The average molecular weight is 396 g/mol. The molecule has 0 spiro atoms. The molecule has 0 saturated carbocycles. The number of amides is 1. The minimum atomic E-state index is -0.0456. The molecule has 0 radical (unpaired) electrons. The van der Waals surface area contributed by atoms with Gasteiger partial charge in [-0.3, -0.25) is 4.79 Å². The van der Waals surface area contributed by atoms with Crippen molar-refractivity contribution in [3.63, 3.8) is 0 Å². The van der Waals surface area contributed by atoms with Crippen LogP contribution in [0.1, 0.15) is 20.8 Å². The fourth-order valence-electron chi connectivity index (χ4n) is 3.38. The van der Waals surface area contributed by atoms with Gasteiger partial charge in [0, 0.05) is 17.0 Å². The van der Waals surface area contributed by atoms with Crippen LogP contribution in [0, 0.1) is 0 Å². The van der Waals surface area contributed by atoms with Crippen molar-refractivity contribution < 1.29 is 14.3 Å². The Labute approximate surface area is 166 Å². The summed E-state index contributed by atoms with van der Waals surface area (Å²) in [6.07, 6.45) is 3.87. The number of carbonyl (C=O) groups excluding carboxylic acids is 1. The van der Waals surface area contributed by atoms with Crippen molar-refractivity contribution in [1.82, 2.24) is 14.9 Å². The SMILES string of the molecule is C=CCOc1ccc(C(=O)N2CCc3c(sc4ncnc(N)c34)C2)cc1OC. The molecule has 0 unspecified atom stereocenters. The molecule has 0 fully saturated rings. The number of nitrogens with zero attached hydrogens (tertiary/aromatic N) is 3. The number of ether oxygens (including phenoxy) is 2. The van der Waals surface area contributed by atoms with Crippen LogP contribution in [0.15, 0.2) is 37.2 Å². The first-order valence-electron chi connectivity index (χ1n) is 8.84. The van der Waals surface area contributed by atoms with E-state index in [2.05, 4.69) is 16.5 Å². The number of fused-ring (bicyclic) bond motifs is 3. The maximum Gasteiger partial charge on any atom is 0.254 e. The third kappa shape index (κ3) is 3.16. The van der Waals surface area contributed by atoms with Crippen LogP contribution in [0.4, 0.5) is 5.82 Å². The number of anilines is 1. The predicted molar refractivity (Wildman–Crippen MR) is 109 cm³/mol. The largest absolute Gasteiger partial charge is 0.493 e. The monoisotopic (exact) mass is 396 g/mol.